The van der Waals surface area contributed by atoms with Gasteiger partial charge in [0.1, 0.15) is 5.82 Å². The Morgan fingerprint density at radius 1 is 1.26 bits per heavy atom. The summed E-state index contributed by atoms with van der Waals surface area (Å²) in [5, 5.41) is 13.9. The molecule has 0 unspecified atom stereocenters. The molecule has 3 rings (SSSR count). The molecule has 2 heterocycles. The summed E-state index contributed by atoms with van der Waals surface area (Å²) in [5.74, 6) is -1.06. The fraction of sp³-hybridized carbons (Fsp3) is 0.526. The summed E-state index contributed by atoms with van der Waals surface area (Å²) in [4.78, 5) is 33.2. The molecule has 2 fully saturated rings. The summed E-state index contributed by atoms with van der Waals surface area (Å²) >= 11 is 0. The minimum atomic E-state index is -0.803. The molecule has 8 heteroatoms. The maximum absolute atomic E-state index is 14.0. The Morgan fingerprint density at radius 2 is 1.89 bits per heavy atom. The lowest BCUT2D eigenvalue weighted by atomic mass is 9.89. The molecule has 2 aliphatic heterocycles. The van der Waals surface area contributed by atoms with Crippen molar-refractivity contribution in [3.05, 3.63) is 29.6 Å². The van der Waals surface area contributed by atoms with Crippen molar-refractivity contribution in [2.45, 2.75) is 38.0 Å². The predicted molar refractivity (Wildman–Crippen MR) is 99.0 cm³/mol. The first kappa shape index (κ1) is 20.8. The van der Waals surface area contributed by atoms with Crippen molar-refractivity contribution in [2.24, 2.45) is 0 Å². The van der Waals surface area contributed by atoms with Gasteiger partial charge in [0, 0.05) is 25.6 Å². The van der Waals surface area contributed by atoms with Gasteiger partial charge in [0.15, 0.2) is 0 Å². The maximum atomic E-state index is 14.0. The highest BCUT2D eigenvalue weighted by molar-refractivity contribution is 5.97. The molecule has 0 atom stereocenters. The topological polar surface area (TPSA) is 98.7 Å². The van der Waals surface area contributed by atoms with Crippen molar-refractivity contribution in [3.8, 4) is 0 Å². The van der Waals surface area contributed by atoms with E-state index in [-0.39, 0.29) is 30.1 Å². The number of carbonyl (C=O) groups is 3. The maximum Gasteiger partial charge on any atom is 0.317 e. The normalized spacial score (nSPS) is 18.3. The number of imide groups is 1. The number of anilines is 1. The van der Waals surface area contributed by atoms with Gasteiger partial charge >= 0.3 is 5.97 Å². The van der Waals surface area contributed by atoms with Gasteiger partial charge in [0.05, 0.1) is 6.54 Å². The van der Waals surface area contributed by atoms with Crippen LogP contribution in [0.3, 0.4) is 0 Å². The van der Waals surface area contributed by atoms with E-state index in [4.69, 9.17) is 5.11 Å². The van der Waals surface area contributed by atoms with Gasteiger partial charge < -0.3 is 10.4 Å². The zero-order valence-corrected chi connectivity index (χ0v) is 15.5. The lowest BCUT2D eigenvalue weighted by molar-refractivity contribution is -0.138. The molecular weight excluding hydrogens is 353 g/mol. The van der Waals surface area contributed by atoms with Crippen LogP contribution < -0.4 is 10.6 Å². The van der Waals surface area contributed by atoms with E-state index in [9.17, 15) is 18.8 Å². The number of piperidine rings is 2. The number of hydrogen-bond donors (Lipinski definition) is 3. The molecule has 1 aromatic carbocycles. The van der Waals surface area contributed by atoms with Gasteiger partial charge in [-0.2, -0.15) is 0 Å². The summed E-state index contributed by atoms with van der Waals surface area (Å²) in [6.45, 7) is 1.50. The number of hydrogen-bond acceptors (Lipinski definition) is 5. The monoisotopic (exact) mass is 379 g/mol. The van der Waals surface area contributed by atoms with Crippen LogP contribution >= 0.6 is 0 Å². The number of carbonyl (C=O) groups excluding carboxylic acids is 2. The van der Waals surface area contributed by atoms with Crippen molar-refractivity contribution >= 4 is 23.5 Å². The van der Waals surface area contributed by atoms with E-state index in [0.29, 0.717) is 32.4 Å². The van der Waals surface area contributed by atoms with Crippen LogP contribution in [-0.2, 0) is 14.4 Å². The number of likely N-dealkylation sites (tertiary alicyclic amines) is 1. The van der Waals surface area contributed by atoms with Gasteiger partial charge in [-0.25, -0.2) is 4.39 Å². The number of halogens is 1. The second-order valence-electron chi connectivity index (χ2n) is 6.76. The van der Waals surface area contributed by atoms with Crippen LogP contribution in [0, 0.1) is 5.82 Å². The van der Waals surface area contributed by atoms with Gasteiger partial charge in [-0.05, 0) is 56.0 Å². The van der Waals surface area contributed by atoms with Crippen LogP contribution in [0.25, 0.3) is 0 Å². The Bertz CT molecular complexity index is 674. The van der Waals surface area contributed by atoms with Crippen molar-refractivity contribution in [3.63, 3.8) is 0 Å². The van der Waals surface area contributed by atoms with E-state index < -0.39 is 5.97 Å². The molecule has 0 bridgehead atoms. The number of carboxylic acid groups (broad SMARTS) is 1. The summed E-state index contributed by atoms with van der Waals surface area (Å²) in [7, 11) is 1.76. The standard InChI is InChI=1S/C14H19FN2O2.C5H7NO2/c1-16-11-2-3-12(13(15)8-11)10-4-6-17(7-5-10)9-14(18)19;7-4-2-1-3-5(8)6-4/h2-3,8,10,16H,4-7,9H2,1H3,(H,18,19);1-3H2,(H,6,7,8). The fourth-order valence-electron chi connectivity index (χ4n) is 3.30. The Balaban J connectivity index is 0.000000273. The molecule has 0 radical (unpaired) electrons. The Morgan fingerprint density at radius 3 is 2.33 bits per heavy atom. The zero-order valence-electron chi connectivity index (χ0n) is 15.5. The summed E-state index contributed by atoms with van der Waals surface area (Å²) in [6, 6.07) is 5.22. The largest absolute Gasteiger partial charge is 0.480 e. The predicted octanol–water partition coefficient (Wildman–Crippen LogP) is 1.94. The highest BCUT2D eigenvalue weighted by atomic mass is 19.1. The summed E-state index contributed by atoms with van der Waals surface area (Å²) in [6.07, 6.45) is 3.34. The van der Waals surface area contributed by atoms with Crippen molar-refractivity contribution in [1.82, 2.24) is 10.2 Å². The third-order valence-electron chi connectivity index (χ3n) is 4.76. The van der Waals surface area contributed by atoms with E-state index in [1.807, 2.05) is 17.0 Å². The van der Waals surface area contributed by atoms with E-state index in [0.717, 1.165) is 24.1 Å². The molecule has 0 aliphatic carbocycles. The van der Waals surface area contributed by atoms with Gasteiger partial charge in [0.2, 0.25) is 11.8 Å². The highest BCUT2D eigenvalue weighted by Crippen LogP contribution is 2.30. The molecule has 0 spiro atoms. The molecule has 0 saturated carbocycles. The van der Waals surface area contributed by atoms with Gasteiger partial charge in [-0.1, -0.05) is 6.07 Å². The third kappa shape index (κ3) is 6.63. The first-order chi connectivity index (χ1) is 12.9. The average Bonchev–Trinajstić information content (AvgIpc) is 2.62. The van der Waals surface area contributed by atoms with Crippen LogP contribution in [0.15, 0.2) is 18.2 Å². The van der Waals surface area contributed by atoms with E-state index in [2.05, 4.69) is 10.6 Å². The molecule has 3 N–H and O–H groups in total. The number of rotatable bonds is 4. The number of amides is 2. The van der Waals surface area contributed by atoms with Crippen LogP contribution in [-0.4, -0.2) is 54.5 Å². The molecule has 2 saturated heterocycles. The Kier molecular flexibility index (Phi) is 7.72. The SMILES string of the molecule is CNc1ccc(C2CCN(CC(=O)O)CC2)c(F)c1.O=C1CCCC(=O)N1. The van der Waals surface area contributed by atoms with Crippen LogP contribution in [0.2, 0.25) is 0 Å². The van der Waals surface area contributed by atoms with Gasteiger partial charge in [-0.15, -0.1) is 0 Å². The van der Waals surface area contributed by atoms with Gasteiger partial charge in [0.25, 0.3) is 0 Å². The minimum absolute atomic E-state index is 0.0773. The molecule has 148 valence electrons. The molecule has 7 nitrogen and oxygen atoms in total. The zero-order chi connectivity index (χ0) is 19.8. The minimum Gasteiger partial charge on any atom is -0.480 e. The molecule has 27 heavy (non-hydrogen) atoms. The second-order valence-corrected chi connectivity index (χ2v) is 6.76. The van der Waals surface area contributed by atoms with Crippen LogP contribution in [0.4, 0.5) is 10.1 Å². The Labute approximate surface area is 157 Å². The summed E-state index contributed by atoms with van der Waals surface area (Å²) in [5.41, 5.74) is 1.51. The first-order valence-electron chi connectivity index (χ1n) is 9.13. The summed E-state index contributed by atoms with van der Waals surface area (Å²) < 4.78 is 14.0. The molecular formula is C19H26FN3O4. The van der Waals surface area contributed by atoms with E-state index in [1.165, 1.54) is 6.07 Å². The number of carboxylic acids is 1. The smallest absolute Gasteiger partial charge is 0.317 e. The lowest BCUT2D eigenvalue weighted by Gasteiger charge is -2.31. The van der Waals surface area contributed by atoms with Crippen molar-refractivity contribution in [1.29, 1.82) is 0 Å². The lowest BCUT2D eigenvalue weighted by Crippen LogP contribution is -2.36. The average molecular weight is 379 g/mol. The van der Waals surface area contributed by atoms with Crippen LogP contribution in [0.1, 0.15) is 43.6 Å². The Hall–Kier alpha value is -2.48. The number of nitrogens with one attached hydrogen (secondary N) is 2. The highest BCUT2D eigenvalue weighted by Gasteiger charge is 2.23. The fourth-order valence-corrected chi connectivity index (χ4v) is 3.30. The van der Waals surface area contributed by atoms with E-state index >= 15 is 0 Å². The third-order valence-corrected chi connectivity index (χ3v) is 4.76. The number of benzene rings is 1. The second kappa shape index (κ2) is 10.0. The van der Waals surface area contributed by atoms with Gasteiger partial charge in [-0.3, -0.25) is 24.6 Å². The molecule has 0 aromatic heterocycles. The molecule has 2 aliphatic rings. The van der Waals surface area contributed by atoms with Crippen molar-refractivity contribution in [2.75, 3.05) is 32.0 Å². The molecule has 2 amide bonds. The van der Waals surface area contributed by atoms with Crippen molar-refractivity contribution < 1.29 is 23.9 Å². The molecule has 1 aromatic rings. The quantitative estimate of drug-likeness (QED) is 0.692. The van der Waals surface area contributed by atoms with E-state index in [1.54, 1.807) is 7.05 Å². The number of nitrogens with zero attached hydrogens (tertiary/aromatic N) is 1. The number of aliphatic carboxylic acids is 1. The first-order valence-corrected chi connectivity index (χ1v) is 9.13. The van der Waals surface area contributed by atoms with Crippen LogP contribution in [0.5, 0.6) is 0 Å².